The number of anilines is 1. The molecule has 1 aromatic carbocycles. The van der Waals surface area contributed by atoms with Crippen LogP contribution in [-0.2, 0) is 15.4 Å². The summed E-state index contributed by atoms with van der Waals surface area (Å²) in [7, 11) is -0.922. The fourth-order valence-corrected chi connectivity index (χ4v) is 4.40. The van der Waals surface area contributed by atoms with E-state index in [9.17, 15) is 8.42 Å². The van der Waals surface area contributed by atoms with E-state index in [1.54, 1.807) is 4.31 Å². The van der Waals surface area contributed by atoms with E-state index in [-0.39, 0.29) is 5.41 Å². The van der Waals surface area contributed by atoms with Gasteiger partial charge in [-0.1, -0.05) is 18.2 Å². The van der Waals surface area contributed by atoms with Crippen LogP contribution in [0.5, 0.6) is 0 Å². The summed E-state index contributed by atoms with van der Waals surface area (Å²) in [5.74, 6) is 0. The molecule has 1 saturated heterocycles. The minimum Gasteiger partial charge on any atom is -0.373 e. The molecule has 3 rings (SSSR count). The summed E-state index contributed by atoms with van der Waals surface area (Å²) in [6.45, 7) is 2.28. The van der Waals surface area contributed by atoms with Gasteiger partial charge in [0.1, 0.15) is 0 Å². The zero-order valence-corrected chi connectivity index (χ0v) is 12.3. The number of para-hydroxylation sites is 1. The Labute approximate surface area is 115 Å². The van der Waals surface area contributed by atoms with Crippen molar-refractivity contribution in [2.75, 3.05) is 37.8 Å². The zero-order valence-electron chi connectivity index (χ0n) is 11.5. The van der Waals surface area contributed by atoms with Gasteiger partial charge in [0, 0.05) is 37.8 Å². The summed E-state index contributed by atoms with van der Waals surface area (Å²) >= 11 is 0. The van der Waals surface area contributed by atoms with E-state index >= 15 is 0 Å². The second-order valence-corrected chi connectivity index (χ2v) is 7.80. The van der Waals surface area contributed by atoms with E-state index in [1.807, 2.05) is 0 Å². The van der Waals surface area contributed by atoms with Crippen molar-refractivity contribution < 1.29 is 8.42 Å². The lowest BCUT2D eigenvalue weighted by molar-refractivity contribution is 0.246. The van der Waals surface area contributed by atoms with Crippen LogP contribution >= 0.6 is 0 Å². The quantitative estimate of drug-likeness (QED) is 0.781. The number of hydrogen-bond acceptors (Lipinski definition) is 3. The lowest BCUT2D eigenvalue weighted by atomic mass is 9.75. The predicted octanol–water partition coefficient (Wildman–Crippen LogP) is 1.43. The first kappa shape index (κ1) is 12.9. The van der Waals surface area contributed by atoms with Crippen molar-refractivity contribution in [3.63, 3.8) is 0 Å². The van der Waals surface area contributed by atoms with Crippen LogP contribution in [0.3, 0.4) is 0 Å². The highest BCUT2D eigenvalue weighted by molar-refractivity contribution is 7.88. The molecule has 104 valence electrons. The van der Waals surface area contributed by atoms with Crippen molar-refractivity contribution in [3.8, 4) is 0 Å². The molecule has 0 atom stereocenters. The highest BCUT2D eigenvalue weighted by Gasteiger charge is 2.44. The molecule has 1 fully saturated rings. The molecule has 0 bridgehead atoms. The summed E-state index contributed by atoms with van der Waals surface area (Å²) in [4.78, 5) is 2.30. The lowest BCUT2D eigenvalue weighted by Gasteiger charge is -2.38. The van der Waals surface area contributed by atoms with Crippen molar-refractivity contribution in [2.45, 2.75) is 18.3 Å². The molecule has 19 heavy (non-hydrogen) atoms. The minimum absolute atomic E-state index is 0.145. The van der Waals surface area contributed by atoms with Gasteiger partial charge in [-0.25, -0.2) is 12.7 Å². The number of likely N-dealkylation sites (N-methyl/N-ethyl adjacent to an activating group) is 1. The van der Waals surface area contributed by atoms with Crippen LogP contribution in [0.4, 0.5) is 5.69 Å². The van der Waals surface area contributed by atoms with Crippen LogP contribution in [0.2, 0.25) is 0 Å². The fourth-order valence-electron chi connectivity index (χ4n) is 3.55. The number of fused-ring (bicyclic) bond motifs is 2. The third-order valence-electron chi connectivity index (χ3n) is 4.58. The Morgan fingerprint density at radius 1 is 1.16 bits per heavy atom. The molecule has 0 saturated carbocycles. The van der Waals surface area contributed by atoms with Crippen LogP contribution < -0.4 is 4.90 Å². The molecule has 0 radical (unpaired) electrons. The summed E-state index contributed by atoms with van der Waals surface area (Å²) in [5, 5.41) is 0. The molecule has 1 aromatic rings. The smallest absolute Gasteiger partial charge is 0.211 e. The van der Waals surface area contributed by atoms with Crippen molar-refractivity contribution in [1.29, 1.82) is 0 Å². The Morgan fingerprint density at radius 3 is 2.42 bits per heavy atom. The van der Waals surface area contributed by atoms with Gasteiger partial charge in [-0.3, -0.25) is 0 Å². The highest BCUT2D eigenvalue weighted by Crippen LogP contribution is 2.46. The molecule has 2 heterocycles. The van der Waals surface area contributed by atoms with E-state index in [2.05, 4.69) is 36.2 Å². The molecule has 0 N–H and O–H groups in total. The van der Waals surface area contributed by atoms with Gasteiger partial charge in [0.15, 0.2) is 0 Å². The first-order valence-corrected chi connectivity index (χ1v) is 8.53. The highest BCUT2D eigenvalue weighted by atomic mass is 32.2. The Balaban J connectivity index is 1.89. The Kier molecular flexibility index (Phi) is 2.87. The summed E-state index contributed by atoms with van der Waals surface area (Å²) in [5.41, 5.74) is 2.84. The molecule has 0 unspecified atom stereocenters. The van der Waals surface area contributed by atoms with E-state index in [1.165, 1.54) is 17.5 Å². The minimum atomic E-state index is -3.04. The molecule has 1 spiro atoms. The van der Waals surface area contributed by atoms with Gasteiger partial charge in [0.25, 0.3) is 0 Å². The van der Waals surface area contributed by atoms with Crippen LogP contribution in [0.1, 0.15) is 18.4 Å². The molecule has 0 amide bonds. The first-order valence-electron chi connectivity index (χ1n) is 6.68. The van der Waals surface area contributed by atoms with Gasteiger partial charge in [0.05, 0.1) is 6.26 Å². The second-order valence-electron chi connectivity index (χ2n) is 5.82. The Morgan fingerprint density at radius 2 is 1.79 bits per heavy atom. The van der Waals surface area contributed by atoms with Crippen molar-refractivity contribution >= 4 is 15.7 Å². The van der Waals surface area contributed by atoms with Gasteiger partial charge in [-0.05, 0) is 24.5 Å². The molecule has 2 aliphatic heterocycles. The first-order chi connectivity index (χ1) is 8.92. The number of rotatable bonds is 1. The molecule has 0 aliphatic carbocycles. The van der Waals surface area contributed by atoms with E-state index < -0.39 is 10.0 Å². The molecule has 2 aliphatic rings. The van der Waals surface area contributed by atoms with Gasteiger partial charge < -0.3 is 4.90 Å². The monoisotopic (exact) mass is 280 g/mol. The van der Waals surface area contributed by atoms with Crippen LogP contribution in [0, 0.1) is 0 Å². The summed E-state index contributed by atoms with van der Waals surface area (Å²) in [6.07, 6.45) is 3.14. The molecule has 0 aromatic heterocycles. The fraction of sp³-hybridized carbons (Fsp3) is 0.571. The second kappa shape index (κ2) is 4.21. The van der Waals surface area contributed by atoms with E-state index in [4.69, 9.17) is 0 Å². The average molecular weight is 280 g/mol. The Bertz CT molecular complexity index is 589. The molecule has 4 nitrogen and oxygen atoms in total. The third-order valence-corrected chi connectivity index (χ3v) is 5.88. The van der Waals surface area contributed by atoms with Gasteiger partial charge in [-0.2, -0.15) is 0 Å². The SMILES string of the molecule is CN1CC2(CCN(S(C)(=O)=O)CC2)c2ccccc21. The van der Waals surface area contributed by atoms with Gasteiger partial charge >= 0.3 is 0 Å². The van der Waals surface area contributed by atoms with Crippen molar-refractivity contribution in [2.24, 2.45) is 0 Å². The zero-order chi connectivity index (χ0) is 13.7. The normalized spacial score (nSPS) is 22.7. The predicted molar refractivity (Wildman–Crippen MR) is 77.0 cm³/mol. The standard InChI is InChI=1S/C14H20N2O2S/c1-15-11-14(12-5-3-4-6-13(12)15)7-9-16(10-8-14)19(2,17)18/h3-6H,7-11H2,1-2H3. The van der Waals surface area contributed by atoms with Crippen molar-refractivity contribution in [1.82, 2.24) is 4.31 Å². The maximum Gasteiger partial charge on any atom is 0.211 e. The number of hydrogen-bond donors (Lipinski definition) is 0. The number of benzene rings is 1. The summed E-state index contributed by atoms with van der Waals surface area (Å²) in [6, 6.07) is 8.52. The van der Waals surface area contributed by atoms with Gasteiger partial charge in [-0.15, -0.1) is 0 Å². The number of nitrogens with zero attached hydrogens (tertiary/aromatic N) is 2. The molecular formula is C14H20N2O2S. The van der Waals surface area contributed by atoms with E-state index in [0.29, 0.717) is 13.1 Å². The molecule has 5 heteroatoms. The maximum absolute atomic E-state index is 11.6. The van der Waals surface area contributed by atoms with Crippen LogP contribution in [0.25, 0.3) is 0 Å². The lowest BCUT2D eigenvalue weighted by Crippen LogP contribution is -2.46. The molecular weight excluding hydrogens is 260 g/mol. The van der Waals surface area contributed by atoms with Crippen molar-refractivity contribution in [3.05, 3.63) is 29.8 Å². The van der Waals surface area contributed by atoms with Crippen LogP contribution in [0.15, 0.2) is 24.3 Å². The van der Waals surface area contributed by atoms with Gasteiger partial charge in [0.2, 0.25) is 10.0 Å². The largest absolute Gasteiger partial charge is 0.373 e. The van der Waals surface area contributed by atoms with E-state index in [0.717, 1.165) is 19.4 Å². The average Bonchev–Trinajstić information content (AvgIpc) is 2.63. The number of sulfonamides is 1. The van der Waals surface area contributed by atoms with Crippen LogP contribution in [-0.4, -0.2) is 45.7 Å². The maximum atomic E-state index is 11.6. The number of piperidine rings is 1. The summed E-state index contributed by atoms with van der Waals surface area (Å²) < 4.78 is 24.8. The Hall–Kier alpha value is -1.07. The topological polar surface area (TPSA) is 40.6 Å². The third kappa shape index (κ3) is 2.05.